The minimum absolute atomic E-state index is 0.415. The van der Waals surface area contributed by atoms with Gasteiger partial charge in [-0.25, -0.2) is 9.97 Å². The first-order valence-corrected chi connectivity index (χ1v) is 19.2. The Balaban J connectivity index is 1.09. The molecule has 3 heteroatoms. The first-order valence-electron chi connectivity index (χ1n) is 18.4. The molecule has 0 saturated carbocycles. The van der Waals surface area contributed by atoms with Crippen LogP contribution in [0.1, 0.15) is 22.3 Å². The van der Waals surface area contributed by atoms with Gasteiger partial charge in [0, 0.05) is 36.7 Å². The third-order valence-corrected chi connectivity index (χ3v) is 12.4. The lowest BCUT2D eigenvalue weighted by Crippen LogP contribution is -2.28. The fourth-order valence-corrected chi connectivity index (χ4v) is 10.0. The van der Waals surface area contributed by atoms with E-state index in [4.69, 9.17) is 9.97 Å². The van der Waals surface area contributed by atoms with E-state index in [1.807, 2.05) is 11.3 Å². The second-order valence-corrected chi connectivity index (χ2v) is 15.1. The van der Waals surface area contributed by atoms with Gasteiger partial charge in [0.2, 0.25) is 0 Å². The van der Waals surface area contributed by atoms with Crippen molar-refractivity contribution in [2.24, 2.45) is 0 Å². The van der Waals surface area contributed by atoms with Gasteiger partial charge in [0.1, 0.15) is 0 Å². The molecule has 0 fully saturated rings. The molecule has 2 heterocycles. The van der Waals surface area contributed by atoms with Crippen LogP contribution in [0.15, 0.2) is 194 Å². The van der Waals surface area contributed by atoms with E-state index in [-0.39, 0.29) is 0 Å². The summed E-state index contributed by atoms with van der Waals surface area (Å²) in [4.78, 5) is 10.6. The van der Waals surface area contributed by atoms with E-state index in [1.165, 1.54) is 59.1 Å². The molecule has 0 amide bonds. The molecule has 11 rings (SSSR count). The number of thiophene rings is 1. The van der Waals surface area contributed by atoms with Crippen molar-refractivity contribution in [2.75, 3.05) is 0 Å². The Bertz CT molecular complexity index is 3000. The lowest BCUT2D eigenvalue weighted by molar-refractivity contribution is 0.768. The van der Waals surface area contributed by atoms with Gasteiger partial charge in [-0.2, -0.15) is 0 Å². The van der Waals surface area contributed by atoms with Gasteiger partial charge in [0.05, 0.1) is 16.6 Å². The molecule has 10 aromatic rings. The van der Waals surface area contributed by atoms with Gasteiger partial charge in [0.25, 0.3) is 0 Å². The van der Waals surface area contributed by atoms with Gasteiger partial charge in [-0.15, -0.1) is 11.3 Å². The summed E-state index contributed by atoms with van der Waals surface area (Å²) < 4.78 is 2.51. The maximum Gasteiger partial charge on any atom is 0.160 e. The predicted octanol–water partition coefficient (Wildman–Crippen LogP) is 13.4. The molecule has 0 unspecified atom stereocenters. The standard InChI is InChI=1S/C51H32N2S/c1-4-15-33(16-5-1)48-47-45(30-28-41-40-24-11-13-26-46(40)54-49(41)47)52-50(53-48)36-18-14-17-34(31-36)35-27-29-44-42(32-35)39-23-10-12-25-43(39)51(44,37-19-6-2-7-20-37)38-21-8-3-9-22-38/h1-32H. The van der Waals surface area contributed by atoms with Crippen LogP contribution in [-0.4, -0.2) is 9.97 Å². The maximum atomic E-state index is 5.37. The zero-order valence-electron chi connectivity index (χ0n) is 29.3. The predicted molar refractivity (Wildman–Crippen MR) is 226 cm³/mol. The Morgan fingerprint density at radius 1 is 0.407 bits per heavy atom. The minimum atomic E-state index is -0.415. The molecule has 2 nitrogen and oxygen atoms in total. The van der Waals surface area contributed by atoms with Crippen molar-refractivity contribution in [3.63, 3.8) is 0 Å². The molecule has 0 N–H and O–H groups in total. The van der Waals surface area contributed by atoms with E-state index < -0.39 is 5.41 Å². The van der Waals surface area contributed by atoms with Crippen molar-refractivity contribution in [3.05, 3.63) is 216 Å². The van der Waals surface area contributed by atoms with Crippen LogP contribution in [0.4, 0.5) is 0 Å². The lowest BCUT2D eigenvalue weighted by Gasteiger charge is -2.33. The molecule has 1 aliphatic rings. The van der Waals surface area contributed by atoms with Crippen LogP contribution in [0.2, 0.25) is 0 Å². The van der Waals surface area contributed by atoms with Crippen LogP contribution in [-0.2, 0) is 5.41 Å². The number of nitrogens with zero attached hydrogens (tertiary/aromatic N) is 2. The average Bonchev–Trinajstić information content (AvgIpc) is 3.78. The zero-order chi connectivity index (χ0) is 35.6. The van der Waals surface area contributed by atoms with Crippen molar-refractivity contribution in [3.8, 4) is 44.9 Å². The number of fused-ring (bicyclic) bond motifs is 8. The number of hydrogen-bond acceptors (Lipinski definition) is 3. The van der Waals surface area contributed by atoms with Crippen molar-refractivity contribution in [1.82, 2.24) is 9.97 Å². The smallest absolute Gasteiger partial charge is 0.160 e. The monoisotopic (exact) mass is 704 g/mol. The summed E-state index contributed by atoms with van der Waals surface area (Å²) in [7, 11) is 0. The van der Waals surface area contributed by atoms with Crippen LogP contribution in [0.3, 0.4) is 0 Å². The second kappa shape index (κ2) is 12.2. The highest BCUT2D eigenvalue weighted by atomic mass is 32.1. The first-order chi connectivity index (χ1) is 26.8. The Hall–Kier alpha value is -6.68. The molecule has 0 radical (unpaired) electrons. The van der Waals surface area contributed by atoms with Crippen LogP contribution >= 0.6 is 11.3 Å². The fourth-order valence-electron chi connectivity index (χ4n) is 8.80. The van der Waals surface area contributed by atoms with Crippen molar-refractivity contribution in [2.45, 2.75) is 5.41 Å². The fraction of sp³-hybridized carbons (Fsp3) is 0.0196. The number of aromatic nitrogens is 2. The van der Waals surface area contributed by atoms with E-state index in [0.717, 1.165) is 39.1 Å². The quantitative estimate of drug-likeness (QED) is 0.178. The summed E-state index contributed by atoms with van der Waals surface area (Å²) in [5, 5.41) is 3.63. The SMILES string of the molecule is c1ccc(-c2nc(-c3cccc(-c4ccc5c(c4)-c4ccccc4C5(c4ccccc4)c4ccccc4)c3)nc3ccc4c5ccccc5sc4c23)cc1. The average molecular weight is 705 g/mol. The first kappa shape index (κ1) is 30.9. The van der Waals surface area contributed by atoms with Crippen LogP contribution < -0.4 is 0 Å². The van der Waals surface area contributed by atoms with Crippen molar-refractivity contribution in [1.29, 1.82) is 0 Å². The van der Waals surface area contributed by atoms with Crippen LogP contribution in [0.5, 0.6) is 0 Å². The maximum absolute atomic E-state index is 5.37. The van der Waals surface area contributed by atoms with Gasteiger partial charge in [0.15, 0.2) is 5.82 Å². The van der Waals surface area contributed by atoms with Crippen LogP contribution in [0.25, 0.3) is 76.0 Å². The molecule has 8 aromatic carbocycles. The molecule has 1 aliphatic carbocycles. The molecule has 0 spiro atoms. The van der Waals surface area contributed by atoms with E-state index in [2.05, 4.69) is 194 Å². The third kappa shape index (κ3) is 4.59. The Labute approximate surface area is 317 Å². The summed E-state index contributed by atoms with van der Waals surface area (Å²) in [6, 6.07) is 70.2. The summed E-state index contributed by atoms with van der Waals surface area (Å²) in [6.45, 7) is 0. The Morgan fingerprint density at radius 3 is 1.83 bits per heavy atom. The van der Waals surface area contributed by atoms with Crippen molar-refractivity contribution >= 4 is 42.4 Å². The Kier molecular flexibility index (Phi) is 6.98. The minimum Gasteiger partial charge on any atom is -0.228 e. The number of rotatable bonds is 5. The van der Waals surface area contributed by atoms with Gasteiger partial charge in [-0.1, -0.05) is 170 Å². The summed E-state index contributed by atoms with van der Waals surface area (Å²) >= 11 is 1.82. The lowest BCUT2D eigenvalue weighted by atomic mass is 9.67. The molecule has 0 bridgehead atoms. The highest BCUT2D eigenvalue weighted by molar-refractivity contribution is 7.26. The third-order valence-electron chi connectivity index (χ3n) is 11.2. The highest BCUT2D eigenvalue weighted by Crippen LogP contribution is 2.56. The van der Waals surface area contributed by atoms with E-state index >= 15 is 0 Å². The van der Waals surface area contributed by atoms with E-state index in [1.54, 1.807) is 0 Å². The molecular formula is C51H32N2S. The largest absolute Gasteiger partial charge is 0.228 e. The Morgan fingerprint density at radius 2 is 1.04 bits per heavy atom. The van der Waals surface area contributed by atoms with E-state index in [0.29, 0.717) is 0 Å². The van der Waals surface area contributed by atoms with Gasteiger partial charge in [-0.3, -0.25) is 0 Å². The molecule has 54 heavy (non-hydrogen) atoms. The number of benzene rings is 8. The van der Waals surface area contributed by atoms with Crippen LogP contribution in [0, 0.1) is 0 Å². The summed E-state index contributed by atoms with van der Waals surface area (Å²) in [5.41, 5.74) is 13.6. The molecule has 0 atom stereocenters. The van der Waals surface area contributed by atoms with Gasteiger partial charge >= 0.3 is 0 Å². The van der Waals surface area contributed by atoms with Crippen molar-refractivity contribution < 1.29 is 0 Å². The summed E-state index contributed by atoms with van der Waals surface area (Å²) in [5.74, 6) is 0.724. The topological polar surface area (TPSA) is 25.8 Å². The molecule has 0 aliphatic heterocycles. The van der Waals surface area contributed by atoms with Gasteiger partial charge in [-0.05, 0) is 68.8 Å². The normalized spacial score (nSPS) is 13.0. The molecule has 252 valence electrons. The second-order valence-electron chi connectivity index (χ2n) is 14.1. The summed E-state index contributed by atoms with van der Waals surface area (Å²) in [6.07, 6.45) is 0. The molecular weight excluding hydrogens is 673 g/mol. The highest BCUT2D eigenvalue weighted by Gasteiger charge is 2.45. The number of hydrogen-bond donors (Lipinski definition) is 0. The molecule has 0 saturated heterocycles. The molecule has 2 aromatic heterocycles. The van der Waals surface area contributed by atoms with Gasteiger partial charge < -0.3 is 0 Å². The van der Waals surface area contributed by atoms with E-state index in [9.17, 15) is 0 Å². The zero-order valence-corrected chi connectivity index (χ0v) is 30.1.